The third kappa shape index (κ3) is 4.70. The van der Waals surface area contributed by atoms with Crippen LogP contribution in [0.15, 0.2) is 59.1 Å². The molecule has 1 amide bonds. The lowest BCUT2D eigenvalue weighted by Gasteiger charge is -2.31. The molecular weight excluding hydrogens is 383 g/mol. The molecule has 0 spiro atoms. The van der Waals surface area contributed by atoms with E-state index in [-0.39, 0.29) is 17.6 Å². The molecule has 156 valence electrons. The fourth-order valence-electron chi connectivity index (χ4n) is 3.97. The number of carbonyl (C=O) groups is 1. The van der Waals surface area contributed by atoms with Crippen LogP contribution in [0.3, 0.4) is 0 Å². The van der Waals surface area contributed by atoms with Crippen molar-refractivity contribution in [3.05, 3.63) is 83.3 Å². The molecule has 1 aliphatic rings. The smallest absolute Gasteiger partial charge is 0.227 e. The van der Waals surface area contributed by atoms with E-state index in [1.54, 1.807) is 19.4 Å². The fourth-order valence-corrected chi connectivity index (χ4v) is 3.97. The second-order valence-corrected chi connectivity index (χ2v) is 7.64. The number of aromatic nitrogens is 1. The number of para-hydroxylation sites is 1. The molecule has 1 atom stereocenters. The van der Waals surface area contributed by atoms with Gasteiger partial charge in [0, 0.05) is 25.1 Å². The average Bonchev–Trinajstić information content (AvgIpc) is 3.23. The van der Waals surface area contributed by atoms with E-state index in [0.717, 1.165) is 36.3 Å². The van der Waals surface area contributed by atoms with Crippen LogP contribution in [0, 0.1) is 5.82 Å². The summed E-state index contributed by atoms with van der Waals surface area (Å²) in [6.07, 6.45) is 4.35. The Hall–Kier alpha value is -3.15. The van der Waals surface area contributed by atoms with Crippen molar-refractivity contribution in [2.24, 2.45) is 0 Å². The minimum absolute atomic E-state index is 0.0710. The molecular formula is C24H25FN2O3. The van der Waals surface area contributed by atoms with E-state index in [9.17, 15) is 9.18 Å². The maximum absolute atomic E-state index is 13.4. The first-order chi connectivity index (χ1) is 14.6. The van der Waals surface area contributed by atoms with Gasteiger partial charge in [0.2, 0.25) is 5.91 Å². The number of piperidine rings is 1. The number of halogens is 1. The zero-order valence-corrected chi connectivity index (χ0v) is 17.0. The zero-order chi connectivity index (χ0) is 20.9. The molecule has 1 fully saturated rings. The Kier molecular flexibility index (Phi) is 6.12. The summed E-state index contributed by atoms with van der Waals surface area (Å²) in [5.74, 6) is 1.97. The van der Waals surface area contributed by atoms with Crippen molar-refractivity contribution in [2.45, 2.75) is 31.6 Å². The number of oxazole rings is 1. The van der Waals surface area contributed by atoms with Crippen molar-refractivity contribution < 1.29 is 18.3 Å². The van der Waals surface area contributed by atoms with E-state index in [2.05, 4.69) is 4.98 Å². The number of methoxy groups -OCH3 is 1. The van der Waals surface area contributed by atoms with Crippen molar-refractivity contribution in [2.75, 3.05) is 20.2 Å². The first kappa shape index (κ1) is 20.1. The Morgan fingerprint density at radius 3 is 2.97 bits per heavy atom. The molecule has 0 aliphatic carbocycles. The Bertz CT molecular complexity index is 1020. The molecule has 6 heteroatoms. The number of carbonyl (C=O) groups excluding carboxylic acids is 1. The van der Waals surface area contributed by atoms with Gasteiger partial charge in [-0.15, -0.1) is 0 Å². The molecule has 30 heavy (non-hydrogen) atoms. The second kappa shape index (κ2) is 9.11. The summed E-state index contributed by atoms with van der Waals surface area (Å²) in [6.45, 7) is 1.33. The van der Waals surface area contributed by atoms with Gasteiger partial charge in [0.15, 0.2) is 5.89 Å². The Balaban J connectivity index is 1.40. The molecule has 5 nitrogen and oxygen atoms in total. The molecule has 1 unspecified atom stereocenters. The molecule has 1 aliphatic heterocycles. The Labute approximate surface area is 175 Å². The number of amides is 1. The van der Waals surface area contributed by atoms with Crippen molar-refractivity contribution in [1.29, 1.82) is 0 Å². The molecule has 1 aromatic heterocycles. The first-order valence-corrected chi connectivity index (χ1v) is 10.2. The van der Waals surface area contributed by atoms with Crippen LogP contribution in [-0.2, 0) is 17.6 Å². The van der Waals surface area contributed by atoms with Crippen molar-refractivity contribution in [3.8, 4) is 5.75 Å². The predicted octanol–water partition coefficient (Wildman–Crippen LogP) is 4.36. The van der Waals surface area contributed by atoms with Crippen LogP contribution in [0.4, 0.5) is 4.39 Å². The summed E-state index contributed by atoms with van der Waals surface area (Å²) in [5.41, 5.74) is 1.73. The van der Waals surface area contributed by atoms with E-state index >= 15 is 0 Å². The topological polar surface area (TPSA) is 55.6 Å². The average molecular weight is 408 g/mol. The molecule has 4 rings (SSSR count). The highest BCUT2D eigenvalue weighted by Crippen LogP contribution is 2.28. The molecule has 2 heterocycles. The quantitative estimate of drug-likeness (QED) is 0.608. The van der Waals surface area contributed by atoms with Gasteiger partial charge in [-0.25, -0.2) is 9.37 Å². The standard InChI is InChI=1S/C24H25FN2O3/c1-29-22-10-3-2-7-18(22)14-23(28)27-11-5-8-19(16-27)24-26-15-21(30-24)13-17-6-4-9-20(25)12-17/h2-4,6-7,9-10,12,15,19H,5,8,11,13-14,16H2,1H3. The highest BCUT2D eigenvalue weighted by Gasteiger charge is 2.28. The summed E-state index contributed by atoms with van der Waals surface area (Å²) >= 11 is 0. The molecule has 0 bridgehead atoms. The van der Waals surface area contributed by atoms with Crippen LogP contribution in [0.2, 0.25) is 0 Å². The second-order valence-electron chi connectivity index (χ2n) is 7.64. The Morgan fingerprint density at radius 2 is 2.13 bits per heavy atom. The van der Waals surface area contributed by atoms with E-state index in [4.69, 9.17) is 9.15 Å². The third-order valence-corrected chi connectivity index (χ3v) is 5.50. The monoisotopic (exact) mass is 408 g/mol. The third-order valence-electron chi connectivity index (χ3n) is 5.50. The lowest BCUT2D eigenvalue weighted by molar-refractivity contribution is -0.131. The van der Waals surface area contributed by atoms with Crippen molar-refractivity contribution in [1.82, 2.24) is 9.88 Å². The van der Waals surface area contributed by atoms with Gasteiger partial charge in [-0.05, 0) is 36.6 Å². The number of nitrogens with zero attached hydrogens (tertiary/aromatic N) is 2. The maximum Gasteiger partial charge on any atom is 0.227 e. The summed E-state index contributed by atoms with van der Waals surface area (Å²) in [6, 6.07) is 14.1. The minimum Gasteiger partial charge on any atom is -0.496 e. The van der Waals surface area contributed by atoms with Crippen molar-refractivity contribution >= 4 is 5.91 Å². The lowest BCUT2D eigenvalue weighted by Crippen LogP contribution is -2.40. The van der Waals surface area contributed by atoms with Gasteiger partial charge in [0.25, 0.3) is 0 Å². The van der Waals surface area contributed by atoms with E-state index in [1.807, 2.05) is 35.2 Å². The summed E-state index contributed by atoms with van der Waals surface area (Å²) < 4.78 is 24.7. The fraction of sp³-hybridized carbons (Fsp3) is 0.333. The molecule has 0 radical (unpaired) electrons. The number of likely N-dealkylation sites (tertiary alicyclic amines) is 1. The van der Waals surface area contributed by atoms with E-state index in [0.29, 0.717) is 31.0 Å². The van der Waals surface area contributed by atoms with E-state index < -0.39 is 0 Å². The summed E-state index contributed by atoms with van der Waals surface area (Å²) in [7, 11) is 1.62. The van der Waals surface area contributed by atoms with Crippen LogP contribution in [-0.4, -0.2) is 36.0 Å². The van der Waals surface area contributed by atoms with Crippen LogP contribution in [0.25, 0.3) is 0 Å². The Morgan fingerprint density at radius 1 is 1.27 bits per heavy atom. The number of benzene rings is 2. The van der Waals surface area contributed by atoms with Gasteiger partial charge in [0.1, 0.15) is 17.3 Å². The van der Waals surface area contributed by atoms with Gasteiger partial charge in [-0.2, -0.15) is 0 Å². The van der Waals surface area contributed by atoms with Gasteiger partial charge in [0.05, 0.1) is 25.6 Å². The van der Waals surface area contributed by atoms with Crippen molar-refractivity contribution in [3.63, 3.8) is 0 Å². The highest BCUT2D eigenvalue weighted by atomic mass is 19.1. The number of ether oxygens (including phenoxy) is 1. The zero-order valence-electron chi connectivity index (χ0n) is 17.0. The lowest BCUT2D eigenvalue weighted by atomic mass is 9.97. The van der Waals surface area contributed by atoms with Gasteiger partial charge in [-0.1, -0.05) is 30.3 Å². The summed E-state index contributed by atoms with van der Waals surface area (Å²) in [5, 5.41) is 0. The molecule has 3 aromatic rings. The van der Waals surface area contributed by atoms with Gasteiger partial charge < -0.3 is 14.1 Å². The summed E-state index contributed by atoms with van der Waals surface area (Å²) in [4.78, 5) is 19.2. The van der Waals surface area contributed by atoms with Crippen LogP contribution in [0.5, 0.6) is 5.75 Å². The predicted molar refractivity (Wildman–Crippen MR) is 111 cm³/mol. The van der Waals surface area contributed by atoms with Gasteiger partial charge >= 0.3 is 0 Å². The van der Waals surface area contributed by atoms with Gasteiger partial charge in [-0.3, -0.25) is 4.79 Å². The first-order valence-electron chi connectivity index (χ1n) is 10.2. The van der Waals surface area contributed by atoms with Crippen LogP contribution in [0.1, 0.15) is 41.5 Å². The molecule has 0 N–H and O–H groups in total. The number of hydrogen-bond acceptors (Lipinski definition) is 4. The normalized spacial score (nSPS) is 16.5. The molecule has 1 saturated heterocycles. The number of hydrogen-bond donors (Lipinski definition) is 0. The largest absolute Gasteiger partial charge is 0.496 e. The van der Waals surface area contributed by atoms with Crippen LogP contribution >= 0.6 is 0 Å². The minimum atomic E-state index is -0.260. The highest BCUT2D eigenvalue weighted by molar-refractivity contribution is 5.79. The van der Waals surface area contributed by atoms with E-state index in [1.165, 1.54) is 12.1 Å². The van der Waals surface area contributed by atoms with Crippen LogP contribution < -0.4 is 4.74 Å². The molecule has 2 aromatic carbocycles. The SMILES string of the molecule is COc1ccccc1CC(=O)N1CCCC(c2ncc(Cc3cccc(F)c3)o2)C1. The molecule has 0 saturated carbocycles. The number of rotatable bonds is 6. The maximum atomic E-state index is 13.4.